The highest BCUT2D eigenvalue weighted by Gasteiger charge is 2.43. The van der Waals surface area contributed by atoms with E-state index in [9.17, 15) is 18.0 Å². The Balaban J connectivity index is 2.47. The second-order valence-electron chi connectivity index (χ2n) is 4.82. The molecule has 8 heteroatoms. The summed E-state index contributed by atoms with van der Waals surface area (Å²) in [5, 5.41) is 0. The fourth-order valence-electron chi connectivity index (χ4n) is 1.71. The van der Waals surface area contributed by atoms with Gasteiger partial charge in [0.2, 0.25) is 0 Å². The summed E-state index contributed by atoms with van der Waals surface area (Å²) in [5.74, 6) is -1.78. The van der Waals surface area contributed by atoms with Crippen molar-refractivity contribution in [3.8, 4) is 0 Å². The lowest BCUT2D eigenvalue weighted by Crippen LogP contribution is -2.37. The van der Waals surface area contributed by atoms with E-state index in [0.717, 1.165) is 0 Å². The second kappa shape index (κ2) is 6.73. The molecule has 1 aliphatic heterocycles. The first-order valence-corrected chi connectivity index (χ1v) is 6.29. The standard InChI is InChI=1S/C12H19F3O5/c1-4-17-10(16)5-9(12(13,14)15)18-6-8-7-19-11(2,3)20-8/h8-9H,4-7H2,1-3H3/t8-,9-/m1/s1. The summed E-state index contributed by atoms with van der Waals surface area (Å²) in [4.78, 5) is 11.1. The molecule has 0 radical (unpaired) electrons. The van der Waals surface area contributed by atoms with Crippen LogP contribution in [0.15, 0.2) is 0 Å². The maximum Gasteiger partial charge on any atom is 0.415 e. The highest BCUT2D eigenvalue weighted by Crippen LogP contribution is 2.28. The summed E-state index contributed by atoms with van der Waals surface area (Å²) in [7, 11) is 0. The van der Waals surface area contributed by atoms with Crippen LogP contribution in [0.1, 0.15) is 27.2 Å². The number of halogens is 3. The topological polar surface area (TPSA) is 54.0 Å². The van der Waals surface area contributed by atoms with Crippen molar-refractivity contribution in [2.45, 2.75) is 51.4 Å². The lowest BCUT2D eigenvalue weighted by atomic mass is 10.2. The number of carbonyl (C=O) groups excluding carboxylic acids is 1. The number of hydrogen-bond acceptors (Lipinski definition) is 5. The summed E-state index contributed by atoms with van der Waals surface area (Å²) in [6.07, 6.45) is -8.29. The third-order valence-electron chi connectivity index (χ3n) is 2.57. The van der Waals surface area contributed by atoms with Gasteiger partial charge in [-0.25, -0.2) is 0 Å². The molecule has 20 heavy (non-hydrogen) atoms. The average Bonchev–Trinajstić information content (AvgIpc) is 2.63. The van der Waals surface area contributed by atoms with Gasteiger partial charge in [0.05, 0.1) is 26.2 Å². The number of alkyl halides is 3. The van der Waals surface area contributed by atoms with Gasteiger partial charge >= 0.3 is 12.1 Å². The van der Waals surface area contributed by atoms with Gasteiger partial charge in [0.1, 0.15) is 6.10 Å². The molecular weight excluding hydrogens is 281 g/mol. The van der Waals surface area contributed by atoms with E-state index in [2.05, 4.69) is 4.74 Å². The molecule has 1 fully saturated rings. The molecule has 1 rings (SSSR count). The van der Waals surface area contributed by atoms with Crippen LogP contribution in [0.4, 0.5) is 13.2 Å². The second-order valence-corrected chi connectivity index (χ2v) is 4.82. The molecule has 0 aromatic heterocycles. The molecule has 0 amide bonds. The molecule has 0 unspecified atom stereocenters. The van der Waals surface area contributed by atoms with Gasteiger partial charge in [0.25, 0.3) is 0 Å². The fourth-order valence-corrected chi connectivity index (χ4v) is 1.71. The molecule has 2 atom stereocenters. The molecule has 0 saturated carbocycles. The molecule has 0 aromatic carbocycles. The van der Waals surface area contributed by atoms with Crippen LogP contribution in [-0.4, -0.2) is 50.0 Å². The molecule has 5 nitrogen and oxygen atoms in total. The summed E-state index contributed by atoms with van der Waals surface area (Å²) >= 11 is 0. The first kappa shape index (κ1) is 17.2. The van der Waals surface area contributed by atoms with Crippen LogP contribution < -0.4 is 0 Å². The van der Waals surface area contributed by atoms with Gasteiger partial charge < -0.3 is 18.9 Å². The third-order valence-corrected chi connectivity index (χ3v) is 2.57. The summed E-state index contributed by atoms with van der Waals surface area (Å²) < 4.78 is 58.0. The maximum atomic E-state index is 12.7. The van der Waals surface area contributed by atoms with Crippen LogP contribution in [0, 0.1) is 0 Å². The summed E-state index contributed by atoms with van der Waals surface area (Å²) in [6, 6.07) is 0. The Hall–Kier alpha value is -0.860. The Morgan fingerprint density at radius 2 is 2.10 bits per heavy atom. The van der Waals surface area contributed by atoms with Crippen molar-refractivity contribution in [1.82, 2.24) is 0 Å². The van der Waals surface area contributed by atoms with Gasteiger partial charge in [0, 0.05) is 0 Å². The first-order valence-electron chi connectivity index (χ1n) is 6.29. The molecule has 0 spiro atoms. The Morgan fingerprint density at radius 1 is 1.45 bits per heavy atom. The van der Waals surface area contributed by atoms with E-state index in [1.54, 1.807) is 13.8 Å². The van der Waals surface area contributed by atoms with E-state index in [-0.39, 0.29) is 19.8 Å². The monoisotopic (exact) mass is 300 g/mol. The van der Waals surface area contributed by atoms with Crippen molar-refractivity contribution in [3.05, 3.63) is 0 Å². The maximum absolute atomic E-state index is 12.7. The number of ether oxygens (including phenoxy) is 4. The zero-order chi connectivity index (χ0) is 15.4. The normalized spacial score (nSPS) is 23.6. The lowest BCUT2D eigenvalue weighted by Gasteiger charge is -2.22. The van der Waals surface area contributed by atoms with Gasteiger partial charge in [-0.2, -0.15) is 13.2 Å². The van der Waals surface area contributed by atoms with Crippen LogP contribution in [0.3, 0.4) is 0 Å². The SMILES string of the molecule is CCOC(=O)C[C@@H](OC[C@@H]1COC(C)(C)O1)C(F)(F)F. The molecule has 0 bridgehead atoms. The van der Waals surface area contributed by atoms with Gasteiger partial charge in [0.15, 0.2) is 11.9 Å². The minimum Gasteiger partial charge on any atom is -0.466 e. The highest BCUT2D eigenvalue weighted by molar-refractivity contribution is 5.70. The third kappa shape index (κ3) is 5.64. The Morgan fingerprint density at radius 3 is 2.55 bits per heavy atom. The zero-order valence-corrected chi connectivity index (χ0v) is 11.7. The average molecular weight is 300 g/mol. The van der Waals surface area contributed by atoms with E-state index in [1.807, 2.05) is 0 Å². The van der Waals surface area contributed by atoms with Crippen molar-refractivity contribution in [2.24, 2.45) is 0 Å². The number of esters is 1. The van der Waals surface area contributed by atoms with Crippen molar-refractivity contribution in [3.63, 3.8) is 0 Å². The van der Waals surface area contributed by atoms with E-state index < -0.39 is 36.6 Å². The van der Waals surface area contributed by atoms with Gasteiger partial charge in [-0.15, -0.1) is 0 Å². The molecule has 1 aliphatic rings. The van der Waals surface area contributed by atoms with E-state index in [4.69, 9.17) is 14.2 Å². The molecule has 0 N–H and O–H groups in total. The van der Waals surface area contributed by atoms with Gasteiger partial charge in [-0.05, 0) is 20.8 Å². The predicted molar refractivity (Wildman–Crippen MR) is 61.9 cm³/mol. The molecule has 1 heterocycles. The Kier molecular flexibility index (Phi) is 5.79. The van der Waals surface area contributed by atoms with Crippen molar-refractivity contribution in [1.29, 1.82) is 0 Å². The summed E-state index contributed by atoms with van der Waals surface area (Å²) in [5.41, 5.74) is 0. The van der Waals surface area contributed by atoms with Crippen molar-refractivity contribution < 1.29 is 36.9 Å². The van der Waals surface area contributed by atoms with E-state index in [1.165, 1.54) is 6.92 Å². The van der Waals surface area contributed by atoms with E-state index in [0.29, 0.717) is 0 Å². The lowest BCUT2D eigenvalue weighted by molar-refractivity contribution is -0.232. The van der Waals surface area contributed by atoms with Crippen LogP contribution in [0.5, 0.6) is 0 Å². The van der Waals surface area contributed by atoms with Crippen LogP contribution >= 0.6 is 0 Å². The van der Waals surface area contributed by atoms with Gasteiger partial charge in [-0.1, -0.05) is 0 Å². The Bertz CT molecular complexity index is 330. The predicted octanol–water partition coefficient (Wildman–Crippen LogP) is 2.04. The van der Waals surface area contributed by atoms with Crippen LogP contribution in [0.25, 0.3) is 0 Å². The molecule has 118 valence electrons. The molecular formula is C12H19F3O5. The van der Waals surface area contributed by atoms with Gasteiger partial charge in [-0.3, -0.25) is 4.79 Å². The minimum atomic E-state index is -4.64. The van der Waals surface area contributed by atoms with E-state index >= 15 is 0 Å². The van der Waals surface area contributed by atoms with Crippen LogP contribution in [-0.2, 0) is 23.7 Å². The smallest absolute Gasteiger partial charge is 0.415 e. The zero-order valence-electron chi connectivity index (χ0n) is 11.7. The molecule has 1 saturated heterocycles. The largest absolute Gasteiger partial charge is 0.466 e. The minimum absolute atomic E-state index is 0.0250. The quantitative estimate of drug-likeness (QED) is 0.703. The number of carbonyl (C=O) groups is 1. The molecule has 0 aromatic rings. The van der Waals surface area contributed by atoms with Crippen molar-refractivity contribution >= 4 is 5.97 Å². The highest BCUT2D eigenvalue weighted by atomic mass is 19.4. The number of hydrogen-bond donors (Lipinski definition) is 0. The van der Waals surface area contributed by atoms with Crippen LogP contribution in [0.2, 0.25) is 0 Å². The molecule has 0 aliphatic carbocycles. The Labute approximate surface area is 115 Å². The number of rotatable bonds is 6. The van der Waals surface area contributed by atoms with Crippen molar-refractivity contribution in [2.75, 3.05) is 19.8 Å². The first-order chi connectivity index (χ1) is 9.14. The summed E-state index contributed by atoms with van der Waals surface area (Å²) in [6.45, 7) is 4.72. The fraction of sp³-hybridized carbons (Fsp3) is 0.917.